The molecule has 0 heterocycles. The lowest BCUT2D eigenvalue weighted by Gasteiger charge is -2.27. The van der Waals surface area contributed by atoms with Crippen LogP contribution >= 0.6 is 11.6 Å². The Kier molecular flexibility index (Phi) is 9.23. The molecule has 3 aromatic carbocycles. The number of rotatable bonds is 11. The summed E-state index contributed by atoms with van der Waals surface area (Å²) in [6.07, 6.45) is 0.622. The third-order valence-corrected chi connectivity index (χ3v) is 7.71. The number of sulfonamides is 1. The SMILES string of the molecule is CCOc1ccccc1N(CC(=O)NC(CC)c1ccc(OC)c(C)c1)S(=O)(=O)c1ccc(Cl)cc1. The Morgan fingerprint density at radius 2 is 1.72 bits per heavy atom. The molecule has 3 rings (SSSR count). The first-order chi connectivity index (χ1) is 17.2. The monoisotopic (exact) mass is 530 g/mol. The molecule has 1 unspecified atom stereocenters. The maximum atomic E-state index is 13.7. The molecular formula is C27H31ClN2O5S. The Morgan fingerprint density at radius 3 is 2.33 bits per heavy atom. The Labute approximate surface area is 218 Å². The van der Waals surface area contributed by atoms with Gasteiger partial charge in [-0.05, 0) is 73.9 Å². The highest BCUT2D eigenvalue weighted by atomic mass is 35.5. The summed E-state index contributed by atoms with van der Waals surface area (Å²) in [5, 5.41) is 3.39. The fraction of sp³-hybridized carbons (Fsp3) is 0.296. The first-order valence-corrected chi connectivity index (χ1v) is 13.5. The van der Waals surface area contributed by atoms with Gasteiger partial charge in [0.1, 0.15) is 18.0 Å². The number of hydrogen-bond acceptors (Lipinski definition) is 5. The van der Waals surface area contributed by atoms with Crippen LogP contribution in [0.2, 0.25) is 5.02 Å². The van der Waals surface area contributed by atoms with E-state index < -0.39 is 22.5 Å². The molecule has 1 N–H and O–H groups in total. The molecule has 0 spiro atoms. The van der Waals surface area contributed by atoms with Gasteiger partial charge in [-0.3, -0.25) is 9.10 Å². The molecule has 0 radical (unpaired) electrons. The van der Waals surface area contributed by atoms with E-state index in [-0.39, 0.29) is 16.6 Å². The van der Waals surface area contributed by atoms with Crippen LogP contribution in [0.25, 0.3) is 0 Å². The first-order valence-electron chi connectivity index (χ1n) is 11.6. The number of anilines is 1. The molecule has 1 amide bonds. The number of aryl methyl sites for hydroxylation is 1. The zero-order valence-electron chi connectivity index (χ0n) is 20.8. The molecule has 0 saturated carbocycles. The van der Waals surface area contributed by atoms with E-state index in [4.69, 9.17) is 21.1 Å². The van der Waals surface area contributed by atoms with E-state index in [0.29, 0.717) is 23.8 Å². The third kappa shape index (κ3) is 6.30. The minimum atomic E-state index is -4.11. The maximum absolute atomic E-state index is 13.7. The number of nitrogens with zero attached hydrogens (tertiary/aromatic N) is 1. The predicted octanol–water partition coefficient (Wildman–Crippen LogP) is 5.52. The van der Waals surface area contributed by atoms with Crippen molar-refractivity contribution in [3.05, 3.63) is 82.9 Å². The standard InChI is InChI=1S/C27H31ClN2O5S/c1-5-23(20-11-16-25(34-4)19(3)17-20)29-27(31)18-30(24-9-7-8-10-26(24)35-6-2)36(32,33)22-14-12-21(28)13-15-22/h7-17,23H,5-6,18H2,1-4H3,(H,29,31). The van der Waals surface area contributed by atoms with Gasteiger partial charge in [0.2, 0.25) is 5.91 Å². The molecule has 0 aliphatic rings. The highest BCUT2D eigenvalue weighted by Crippen LogP contribution is 2.33. The summed E-state index contributed by atoms with van der Waals surface area (Å²) in [5.74, 6) is 0.676. The van der Waals surface area contributed by atoms with Gasteiger partial charge in [0.25, 0.3) is 10.0 Å². The number of benzene rings is 3. The van der Waals surface area contributed by atoms with Gasteiger partial charge in [-0.2, -0.15) is 0 Å². The van der Waals surface area contributed by atoms with E-state index in [1.807, 2.05) is 39.0 Å². The smallest absolute Gasteiger partial charge is 0.264 e. The van der Waals surface area contributed by atoms with Gasteiger partial charge >= 0.3 is 0 Å². The van der Waals surface area contributed by atoms with Gasteiger partial charge in [0.05, 0.1) is 30.3 Å². The van der Waals surface area contributed by atoms with Crippen LogP contribution in [0.3, 0.4) is 0 Å². The summed E-state index contributed by atoms with van der Waals surface area (Å²) in [6, 6.07) is 18.0. The van der Waals surface area contributed by atoms with Crippen LogP contribution < -0.4 is 19.1 Å². The van der Waals surface area contributed by atoms with Crippen LogP contribution in [0.5, 0.6) is 11.5 Å². The number of amides is 1. The molecule has 0 fully saturated rings. The molecule has 1 atom stereocenters. The molecule has 0 saturated heterocycles. The molecular weight excluding hydrogens is 500 g/mol. The molecule has 0 aromatic heterocycles. The summed E-state index contributed by atoms with van der Waals surface area (Å²) in [4.78, 5) is 13.3. The number of hydrogen-bond donors (Lipinski definition) is 1. The van der Waals surface area contributed by atoms with E-state index in [2.05, 4.69) is 5.32 Å². The number of carbonyl (C=O) groups excluding carboxylic acids is 1. The zero-order chi connectivity index (χ0) is 26.3. The summed E-state index contributed by atoms with van der Waals surface area (Å²) in [7, 11) is -2.50. The van der Waals surface area contributed by atoms with Crippen LogP contribution in [0.1, 0.15) is 37.4 Å². The van der Waals surface area contributed by atoms with Crippen molar-refractivity contribution in [3.63, 3.8) is 0 Å². The largest absolute Gasteiger partial charge is 0.496 e. The summed E-state index contributed by atoms with van der Waals surface area (Å²) in [5.41, 5.74) is 2.13. The van der Waals surface area contributed by atoms with E-state index in [1.54, 1.807) is 31.4 Å². The van der Waals surface area contributed by atoms with Gasteiger partial charge in [-0.25, -0.2) is 8.42 Å². The summed E-state index contributed by atoms with van der Waals surface area (Å²) in [6.45, 7) is 5.61. The Balaban J connectivity index is 1.96. The van der Waals surface area contributed by atoms with Gasteiger partial charge in [0, 0.05) is 5.02 Å². The highest BCUT2D eigenvalue weighted by Gasteiger charge is 2.30. The fourth-order valence-corrected chi connectivity index (χ4v) is 5.44. The van der Waals surface area contributed by atoms with E-state index in [9.17, 15) is 13.2 Å². The van der Waals surface area contributed by atoms with Crippen molar-refractivity contribution < 1.29 is 22.7 Å². The second-order valence-corrected chi connectivity index (χ2v) is 10.4. The Bertz CT molecular complexity index is 1300. The quantitative estimate of drug-likeness (QED) is 0.353. The number of methoxy groups -OCH3 is 1. The van der Waals surface area contributed by atoms with Gasteiger partial charge in [-0.1, -0.05) is 42.8 Å². The van der Waals surface area contributed by atoms with Crippen molar-refractivity contribution in [2.24, 2.45) is 0 Å². The lowest BCUT2D eigenvalue weighted by molar-refractivity contribution is -0.120. The van der Waals surface area contributed by atoms with Crippen LogP contribution in [0.4, 0.5) is 5.69 Å². The van der Waals surface area contributed by atoms with Gasteiger partial charge in [-0.15, -0.1) is 0 Å². The van der Waals surface area contributed by atoms with Crippen molar-refractivity contribution in [3.8, 4) is 11.5 Å². The van der Waals surface area contributed by atoms with Crippen molar-refractivity contribution >= 4 is 33.2 Å². The molecule has 192 valence electrons. The molecule has 0 bridgehead atoms. The van der Waals surface area contributed by atoms with Crippen LogP contribution in [0.15, 0.2) is 71.6 Å². The second-order valence-electron chi connectivity index (χ2n) is 8.12. The average Bonchev–Trinajstić information content (AvgIpc) is 2.86. The zero-order valence-corrected chi connectivity index (χ0v) is 22.4. The summed E-state index contributed by atoms with van der Waals surface area (Å²) < 4.78 is 39.5. The van der Waals surface area contributed by atoms with Crippen LogP contribution in [0, 0.1) is 6.92 Å². The topological polar surface area (TPSA) is 84.9 Å². The normalized spacial score (nSPS) is 12.0. The number of para-hydroxylation sites is 2. The number of ether oxygens (including phenoxy) is 2. The molecule has 9 heteroatoms. The number of halogens is 1. The molecule has 36 heavy (non-hydrogen) atoms. The second kappa shape index (κ2) is 12.1. The average molecular weight is 531 g/mol. The molecule has 0 aliphatic heterocycles. The minimum Gasteiger partial charge on any atom is -0.496 e. The lowest BCUT2D eigenvalue weighted by Crippen LogP contribution is -2.42. The van der Waals surface area contributed by atoms with E-state index >= 15 is 0 Å². The molecule has 3 aromatic rings. The minimum absolute atomic E-state index is 0.0174. The number of carbonyl (C=O) groups is 1. The van der Waals surface area contributed by atoms with Crippen molar-refractivity contribution in [2.45, 2.75) is 38.1 Å². The van der Waals surface area contributed by atoms with Crippen molar-refractivity contribution in [2.75, 3.05) is 24.6 Å². The van der Waals surface area contributed by atoms with E-state index in [0.717, 1.165) is 21.2 Å². The maximum Gasteiger partial charge on any atom is 0.264 e. The van der Waals surface area contributed by atoms with E-state index in [1.165, 1.54) is 24.3 Å². The van der Waals surface area contributed by atoms with Crippen molar-refractivity contribution in [1.82, 2.24) is 5.32 Å². The van der Waals surface area contributed by atoms with Crippen LogP contribution in [-0.2, 0) is 14.8 Å². The fourth-order valence-electron chi connectivity index (χ4n) is 3.88. The van der Waals surface area contributed by atoms with Crippen LogP contribution in [-0.4, -0.2) is 34.6 Å². The number of nitrogens with one attached hydrogen (secondary N) is 1. The lowest BCUT2D eigenvalue weighted by atomic mass is 10.0. The van der Waals surface area contributed by atoms with Gasteiger partial charge in [0.15, 0.2) is 0 Å². The molecule has 0 aliphatic carbocycles. The van der Waals surface area contributed by atoms with Gasteiger partial charge < -0.3 is 14.8 Å². The Hall–Kier alpha value is -3.23. The van der Waals surface area contributed by atoms with Crippen molar-refractivity contribution in [1.29, 1.82) is 0 Å². The molecule has 7 nitrogen and oxygen atoms in total. The summed E-state index contributed by atoms with van der Waals surface area (Å²) >= 11 is 5.97. The Morgan fingerprint density at radius 1 is 1.03 bits per heavy atom. The predicted molar refractivity (Wildman–Crippen MR) is 143 cm³/mol. The first kappa shape index (κ1) is 27.4. The third-order valence-electron chi connectivity index (χ3n) is 5.69. The highest BCUT2D eigenvalue weighted by molar-refractivity contribution is 7.92.